The van der Waals surface area contributed by atoms with E-state index in [0.29, 0.717) is 15.2 Å². The Morgan fingerprint density at radius 2 is 1.97 bits per heavy atom. The fourth-order valence-corrected chi connectivity index (χ4v) is 3.81. The van der Waals surface area contributed by atoms with E-state index < -0.39 is 30.4 Å². The Balaban J connectivity index is 2.10. The number of carboxylic acids is 1. The van der Waals surface area contributed by atoms with Crippen LogP contribution in [-0.2, 0) is 19.9 Å². The van der Waals surface area contributed by atoms with Crippen LogP contribution in [0.1, 0.15) is 11.8 Å². The van der Waals surface area contributed by atoms with Crippen LogP contribution in [0.3, 0.4) is 0 Å². The number of hydrogen-bond acceptors (Lipinski definition) is 6. The first-order valence-electron chi connectivity index (χ1n) is 8.69. The highest BCUT2D eigenvalue weighted by Gasteiger charge is 2.46. The fraction of sp³-hybridized carbons (Fsp3) is 0.150. The zero-order valence-electron chi connectivity index (χ0n) is 15.6. The van der Waals surface area contributed by atoms with Crippen molar-refractivity contribution in [2.75, 3.05) is 6.61 Å². The number of imidazole rings is 1. The molecule has 8 nitrogen and oxygen atoms in total. The Morgan fingerprint density at radius 1 is 1.23 bits per heavy atom. The number of halogens is 3. The van der Waals surface area contributed by atoms with Crippen molar-refractivity contribution in [1.82, 2.24) is 9.55 Å². The molecule has 0 fully saturated rings. The molecule has 0 saturated carbocycles. The number of aliphatic hydroxyl groups is 1. The van der Waals surface area contributed by atoms with Crippen LogP contribution < -0.4 is 4.74 Å². The van der Waals surface area contributed by atoms with Crippen LogP contribution in [0.25, 0.3) is 0 Å². The molecule has 0 radical (unpaired) electrons. The van der Waals surface area contributed by atoms with Gasteiger partial charge in [0.1, 0.15) is 12.4 Å². The number of esters is 1. The van der Waals surface area contributed by atoms with Crippen molar-refractivity contribution in [3.63, 3.8) is 0 Å². The van der Waals surface area contributed by atoms with Crippen LogP contribution in [0.5, 0.6) is 5.75 Å². The Kier molecular flexibility index (Phi) is 7.22. The number of hydrogen-bond donors (Lipinski definition) is 2. The van der Waals surface area contributed by atoms with Crippen molar-refractivity contribution in [2.45, 2.75) is 11.8 Å². The average molecular weight is 530 g/mol. The summed E-state index contributed by atoms with van der Waals surface area (Å²) in [5, 5.41) is 21.2. The van der Waals surface area contributed by atoms with Crippen LogP contribution >= 0.6 is 39.1 Å². The molecule has 0 bridgehead atoms. The molecule has 2 unspecified atom stereocenters. The summed E-state index contributed by atoms with van der Waals surface area (Å²) in [5.41, 5.74) is -2.04. The maximum absolute atomic E-state index is 11.9. The Hall–Kier alpha value is -2.59. The van der Waals surface area contributed by atoms with E-state index in [1.807, 2.05) is 0 Å². The van der Waals surface area contributed by atoms with Gasteiger partial charge in [0.25, 0.3) is 0 Å². The van der Waals surface area contributed by atoms with Crippen molar-refractivity contribution in [3.05, 3.63) is 81.3 Å². The highest BCUT2D eigenvalue weighted by molar-refractivity contribution is 9.10. The minimum absolute atomic E-state index is 0.0576. The molecule has 2 atom stereocenters. The van der Waals surface area contributed by atoms with Crippen LogP contribution in [-0.4, -0.2) is 38.3 Å². The van der Waals surface area contributed by atoms with Gasteiger partial charge >= 0.3 is 11.9 Å². The van der Waals surface area contributed by atoms with Crippen molar-refractivity contribution in [3.8, 4) is 5.75 Å². The molecule has 1 aromatic heterocycles. The van der Waals surface area contributed by atoms with Gasteiger partial charge < -0.3 is 19.7 Å². The molecule has 31 heavy (non-hydrogen) atoms. The van der Waals surface area contributed by atoms with Crippen molar-refractivity contribution >= 4 is 51.1 Å². The normalized spacial score (nSPS) is 13.8. The number of nitrogens with zero attached hydrogens (tertiary/aromatic N) is 2. The third-order valence-electron chi connectivity index (χ3n) is 4.28. The summed E-state index contributed by atoms with van der Waals surface area (Å²) in [6, 6.07) is 11.2. The molecule has 0 amide bonds. The third kappa shape index (κ3) is 5.19. The quantitative estimate of drug-likeness (QED) is 0.351. The van der Waals surface area contributed by atoms with Gasteiger partial charge in [-0.1, -0.05) is 41.4 Å². The average Bonchev–Trinajstić information content (AvgIpc) is 3.25. The molecule has 2 N–H and O–H groups in total. The SMILES string of the molecule is O=C(O)C(=O)OC(n1ccnc1)C(O)(COc1ccccc1Br)c1ccc(Cl)cc1Cl. The summed E-state index contributed by atoms with van der Waals surface area (Å²) < 4.78 is 12.8. The Morgan fingerprint density at radius 3 is 2.58 bits per heavy atom. The standard InChI is InChI=1S/C20H15BrCl2N2O6/c21-14-3-1-2-4-16(14)30-10-20(29,13-6-5-12(22)9-15(13)23)19(25-8-7-24-11-25)31-18(28)17(26)27/h1-9,11,19,29H,10H2,(H,26,27). The monoisotopic (exact) mass is 528 g/mol. The van der Waals surface area contributed by atoms with Gasteiger partial charge in [0, 0.05) is 28.0 Å². The van der Waals surface area contributed by atoms with Gasteiger partial charge in [0.05, 0.1) is 10.8 Å². The summed E-state index contributed by atoms with van der Waals surface area (Å²) in [7, 11) is 0. The molecule has 0 aliphatic carbocycles. The molecule has 0 spiro atoms. The van der Waals surface area contributed by atoms with Crippen LogP contribution in [0.2, 0.25) is 10.0 Å². The van der Waals surface area contributed by atoms with E-state index in [4.69, 9.17) is 37.8 Å². The van der Waals surface area contributed by atoms with Crippen LogP contribution in [0.15, 0.2) is 65.7 Å². The lowest BCUT2D eigenvalue weighted by Crippen LogP contribution is -2.45. The zero-order valence-corrected chi connectivity index (χ0v) is 18.7. The molecular formula is C20H15BrCl2N2O6. The number of benzene rings is 2. The van der Waals surface area contributed by atoms with Gasteiger partial charge in [-0.3, -0.25) is 4.57 Å². The first kappa shape index (κ1) is 23.1. The molecule has 1 heterocycles. The molecule has 0 aliphatic heterocycles. The molecule has 3 rings (SSSR count). The molecule has 2 aromatic carbocycles. The molecule has 0 saturated heterocycles. The van der Waals surface area contributed by atoms with Gasteiger partial charge in [0.2, 0.25) is 6.23 Å². The Bertz CT molecular complexity index is 1100. The first-order chi connectivity index (χ1) is 14.7. The van der Waals surface area contributed by atoms with Crippen molar-refractivity contribution in [2.24, 2.45) is 0 Å². The van der Waals surface area contributed by atoms with E-state index >= 15 is 0 Å². The number of aliphatic carboxylic acids is 1. The highest BCUT2D eigenvalue weighted by atomic mass is 79.9. The van der Waals surface area contributed by atoms with Crippen LogP contribution in [0.4, 0.5) is 0 Å². The van der Waals surface area contributed by atoms with Gasteiger partial charge in [-0.25, -0.2) is 14.6 Å². The summed E-state index contributed by atoms with van der Waals surface area (Å²) in [6.45, 7) is -0.466. The molecular weight excluding hydrogens is 515 g/mol. The minimum Gasteiger partial charge on any atom is -0.489 e. The fourth-order valence-electron chi connectivity index (χ4n) is 2.84. The predicted octanol–water partition coefficient (Wildman–Crippen LogP) is 4.05. The third-order valence-corrected chi connectivity index (χ3v) is 5.48. The second-order valence-corrected chi connectivity index (χ2v) is 8.04. The van der Waals surface area contributed by atoms with E-state index in [0.717, 1.165) is 0 Å². The van der Waals surface area contributed by atoms with Gasteiger partial charge in [-0.05, 0) is 40.2 Å². The van der Waals surface area contributed by atoms with Crippen LogP contribution in [0, 0.1) is 0 Å². The molecule has 0 aliphatic rings. The number of rotatable bonds is 7. The van der Waals surface area contributed by atoms with Gasteiger partial charge in [-0.2, -0.15) is 0 Å². The largest absolute Gasteiger partial charge is 0.489 e. The number of carboxylic acid groups (broad SMARTS) is 1. The maximum Gasteiger partial charge on any atom is 0.419 e. The highest BCUT2D eigenvalue weighted by Crippen LogP contribution is 2.40. The molecule has 3 aromatic rings. The topological polar surface area (TPSA) is 111 Å². The summed E-state index contributed by atoms with van der Waals surface area (Å²) >= 11 is 15.7. The maximum atomic E-state index is 11.9. The minimum atomic E-state index is -2.14. The Labute approximate surface area is 195 Å². The van der Waals surface area contributed by atoms with E-state index in [9.17, 15) is 14.7 Å². The van der Waals surface area contributed by atoms with E-state index in [1.165, 1.54) is 41.5 Å². The van der Waals surface area contributed by atoms with Gasteiger partial charge in [0.15, 0.2) is 5.60 Å². The second-order valence-electron chi connectivity index (χ2n) is 6.34. The smallest absolute Gasteiger partial charge is 0.419 e. The van der Waals surface area contributed by atoms with Gasteiger partial charge in [-0.15, -0.1) is 0 Å². The number of carbonyl (C=O) groups excluding carboxylic acids is 1. The van der Waals surface area contributed by atoms with E-state index in [2.05, 4.69) is 20.9 Å². The molecule has 162 valence electrons. The predicted molar refractivity (Wildman–Crippen MR) is 115 cm³/mol. The zero-order chi connectivity index (χ0) is 22.6. The molecule has 11 heteroatoms. The number of para-hydroxylation sites is 1. The van der Waals surface area contributed by atoms with Crippen molar-refractivity contribution in [1.29, 1.82) is 0 Å². The van der Waals surface area contributed by atoms with E-state index in [1.54, 1.807) is 24.3 Å². The van der Waals surface area contributed by atoms with Crippen molar-refractivity contribution < 1.29 is 29.3 Å². The lowest BCUT2D eigenvalue weighted by Gasteiger charge is -2.36. The summed E-state index contributed by atoms with van der Waals surface area (Å²) in [6.07, 6.45) is 2.44. The number of aromatic nitrogens is 2. The lowest BCUT2D eigenvalue weighted by atomic mass is 9.92. The number of carbonyl (C=O) groups is 2. The van der Waals surface area contributed by atoms with E-state index in [-0.39, 0.29) is 10.6 Å². The summed E-state index contributed by atoms with van der Waals surface area (Å²) in [5.74, 6) is -3.02. The lowest BCUT2D eigenvalue weighted by molar-refractivity contribution is -0.194. The summed E-state index contributed by atoms with van der Waals surface area (Å²) in [4.78, 5) is 26.9. The number of ether oxygens (including phenoxy) is 2. The first-order valence-corrected chi connectivity index (χ1v) is 10.2. The second kappa shape index (κ2) is 9.69.